The third-order valence-electron chi connectivity index (χ3n) is 3.78. The van der Waals surface area contributed by atoms with Crippen molar-refractivity contribution in [3.8, 4) is 11.5 Å². The number of carbonyl (C=O) groups excluding carboxylic acids is 1. The Kier molecular flexibility index (Phi) is 6.53. The average molecular weight is 403 g/mol. The second kappa shape index (κ2) is 9.06. The smallest absolute Gasteiger partial charge is 0.307 e. The number of halogens is 1. The fourth-order valence-electron chi connectivity index (χ4n) is 2.30. The molecule has 1 atom stereocenters. The molecular weight excluding hydrogens is 384 g/mol. The molecule has 0 bridgehead atoms. The van der Waals surface area contributed by atoms with Gasteiger partial charge in [0.1, 0.15) is 0 Å². The number of hydrogen-bond donors (Lipinski definition) is 0. The first-order valence-corrected chi connectivity index (χ1v) is 9.86. The van der Waals surface area contributed by atoms with Crippen molar-refractivity contribution in [2.24, 2.45) is 0 Å². The van der Waals surface area contributed by atoms with Crippen LogP contribution in [0.3, 0.4) is 0 Å². The molecule has 3 rings (SSSR count). The fourth-order valence-corrected chi connectivity index (χ4v) is 3.26. The number of rotatable bonds is 7. The van der Waals surface area contributed by atoms with Gasteiger partial charge in [0.2, 0.25) is 5.89 Å². The van der Waals surface area contributed by atoms with Gasteiger partial charge in [-0.2, -0.15) is 0 Å². The van der Waals surface area contributed by atoms with Gasteiger partial charge in [-0.1, -0.05) is 29.3 Å². The van der Waals surface area contributed by atoms with Gasteiger partial charge in [0, 0.05) is 21.2 Å². The molecule has 2 aromatic carbocycles. The molecule has 0 saturated carbocycles. The van der Waals surface area contributed by atoms with E-state index in [1.165, 1.54) is 0 Å². The summed E-state index contributed by atoms with van der Waals surface area (Å²) in [5.74, 6) is 1.00. The molecule has 0 amide bonds. The lowest BCUT2D eigenvalue weighted by Crippen LogP contribution is -2.09. The summed E-state index contributed by atoms with van der Waals surface area (Å²) in [4.78, 5) is 13.1. The molecule has 140 valence electrons. The molecule has 1 aromatic heterocycles. The Morgan fingerprint density at radius 3 is 2.56 bits per heavy atom. The van der Waals surface area contributed by atoms with Crippen LogP contribution in [0.2, 0.25) is 5.02 Å². The van der Waals surface area contributed by atoms with E-state index in [1.807, 2.05) is 55.5 Å². The Bertz CT molecular complexity index is 894. The summed E-state index contributed by atoms with van der Waals surface area (Å²) in [6, 6.07) is 15.3. The number of esters is 1. The Morgan fingerprint density at radius 1 is 1.15 bits per heavy atom. The molecule has 5 nitrogen and oxygen atoms in total. The molecule has 1 heterocycles. The second-order valence-corrected chi connectivity index (χ2v) is 7.60. The molecule has 0 N–H and O–H groups in total. The average Bonchev–Trinajstić information content (AvgIpc) is 3.14. The molecule has 0 aliphatic rings. The minimum Gasteiger partial charge on any atom is -0.453 e. The standard InChI is InChI=1S/C20H19ClN2O3S/c1-13-3-5-15(6-4-13)20-23-22-19(26-20)14(2)25-18(24)11-12-27-17-9-7-16(21)8-10-17/h3-10,14H,11-12H2,1-2H3/t14-/m0/s1. The van der Waals surface area contributed by atoms with Crippen LogP contribution in [-0.2, 0) is 9.53 Å². The first-order valence-electron chi connectivity index (χ1n) is 8.49. The molecule has 3 aromatic rings. The lowest BCUT2D eigenvalue weighted by Gasteiger charge is -2.09. The van der Waals surface area contributed by atoms with Crippen molar-refractivity contribution in [3.63, 3.8) is 0 Å². The first-order chi connectivity index (χ1) is 13.0. The van der Waals surface area contributed by atoms with Gasteiger partial charge in [-0.05, 0) is 50.2 Å². The Hall–Kier alpha value is -2.31. The molecule has 0 aliphatic carbocycles. The summed E-state index contributed by atoms with van der Waals surface area (Å²) in [6.07, 6.45) is -0.305. The molecule has 0 spiro atoms. The summed E-state index contributed by atoms with van der Waals surface area (Å²) in [7, 11) is 0. The van der Waals surface area contributed by atoms with E-state index in [2.05, 4.69) is 10.2 Å². The molecule has 27 heavy (non-hydrogen) atoms. The molecule has 0 saturated heterocycles. The fraction of sp³-hybridized carbons (Fsp3) is 0.250. The molecular formula is C20H19ClN2O3S. The van der Waals surface area contributed by atoms with Crippen molar-refractivity contribution in [1.82, 2.24) is 10.2 Å². The van der Waals surface area contributed by atoms with Crippen LogP contribution < -0.4 is 0 Å². The maximum Gasteiger partial charge on any atom is 0.307 e. The topological polar surface area (TPSA) is 65.2 Å². The second-order valence-electron chi connectivity index (χ2n) is 6.00. The lowest BCUT2D eigenvalue weighted by molar-refractivity contribution is -0.149. The van der Waals surface area contributed by atoms with Gasteiger partial charge < -0.3 is 9.15 Å². The number of nitrogens with zero attached hydrogens (tertiary/aromatic N) is 2. The zero-order valence-corrected chi connectivity index (χ0v) is 16.6. The predicted molar refractivity (Wildman–Crippen MR) is 106 cm³/mol. The van der Waals surface area contributed by atoms with Crippen LogP contribution in [0, 0.1) is 6.92 Å². The van der Waals surface area contributed by atoms with Crippen molar-refractivity contribution in [2.75, 3.05) is 5.75 Å². The van der Waals surface area contributed by atoms with E-state index in [0.29, 0.717) is 16.7 Å². The van der Waals surface area contributed by atoms with Gasteiger partial charge in [0.15, 0.2) is 6.10 Å². The normalized spacial score (nSPS) is 12.0. The lowest BCUT2D eigenvalue weighted by atomic mass is 10.1. The van der Waals surface area contributed by atoms with Crippen LogP contribution in [0.1, 0.15) is 30.9 Å². The quantitative estimate of drug-likeness (QED) is 0.385. The van der Waals surface area contributed by atoms with Crippen LogP contribution >= 0.6 is 23.4 Å². The van der Waals surface area contributed by atoms with E-state index < -0.39 is 6.10 Å². The zero-order chi connectivity index (χ0) is 19.2. The van der Waals surface area contributed by atoms with Crippen molar-refractivity contribution < 1.29 is 13.9 Å². The van der Waals surface area contributed by atoms with Crippen molar-refractivity contribution in [1.29, 1.82) is 0 Å². The highest BCUT2D eigenvalue weighted by atomic mass is 35.5. The minimum atomic E-state index is -0.593. The maximum atomic E-state index is 12.0. The van der Waals surface area contributed by atoms with Crippen LogP contribution in [0.5, 0.6) is 0 Å². The molecule has 0 radical (unpaired) electrons. The summed E-state index contributed by atoms with van der Waals surface area (Å²) >= 11 is 7.43. The van der Waals surface area contributed by atoms with E-state index in [0.717, 1.165) is 16.0 Å². The predicted octanol–water partition coefficient (Wildman–Crippen LogP) is 5.49. The SMILES string of the molecule is Cc1ccc(-c2nnc([C@H](C)OC(=O)CCSc3ccc(Cl)cc3)o2)cc1. The molecule has 0 aliphatic heterocycles. The summed E-state index contributed by atoms with van der Waals surface area (Å²) in [5, 5.41) is 8.71. The van der Waals surface area contributed by atoms with E-state index in [4.69, 9.17) is 20.8 Å². The van der Waals surface area contributed by atoms with Gasteiger partial charge in [-0.15, -0.1) is 22.0 Å². The first kappa shape index (κ1) is 19.5. The molecule has 0 fully saturated rings. The van der Waals surface area contributed by atoms with Crippen molar-refractivity contribution >= 4 is 29.3 Å². The Balaban J connectivity index is 1.49. The highest BCUT2D eigenvalue weighted by molar-refractivity contribution is 7.99. The number of aromatic nitrogens is 2. The van der Waals surface area contributed by atoms with Gasteiger partial charge in [-0.25, -0.2) is 0 Å². The highest BCUT2D eigenvalue weighted by Gasteiger charge is 2.19. The van der Waals surface area contributed by atoms with Crippen LogP contribution in [0.4, 0.5) is 0 Å². The third kappa shape index (κ3) is 5.58. The van der Waals surface area contributed by atoms with Gasteiger partial charge in [0.05, 0.1) is 6.42 Å². The number of carbonyl (C=O) groups is 1. The maximum absolute atomic E-state index is 12.0. The largest absolute Gasteiger partial charge is 0.453 e. The Morgan fingerprint density at radius 2 is 1.85 bits per heavy atom. The van der Waals surface area contributed by atoms with Gasteiger partial charge >= 0.3 is 5.97 Å². The van der Waals surface area contributed by atoms with Crippen LogP contribution in [-0.4, -0.2) is 21.9 Å². The van der Waals surface area contributed by atoms with E-state index in [-0.39, 0.29) is 18.3 Å². The number of thioether (sulfide) groups is 1. The van der Waals surface area contributed by atoms with E-state index >= 15 is 0 Å². The van der Waals surface area contributed by atoms with Crippen LogP contribution in [0.25, 0.3) is 11.5 Å². The number of benzene rings is 2. The number of ether oxygens (including phenoxy) is 1. The third-order valence-corrected chi connectivity index (χ3v) is 5.05. The summed E-state index contributed by atoms with van der Waals surface area (Å²) < 4.78 is 11.0. The summed E-state index contributed by atoms with van der Waals surface area (Å²) in [5.41, 5.74) is 1.98. The monoisotopic (exact) mass is 402 g/mol. The van der Waals surface area contributed by atoms with Crippen molar-refractivity contribution in [2.45, 2.75) is 31.3 Å². The number of aryl methyl sites for hydroxylation is 1. The summed E-state index contributed by atoms with van der Waals surface area (Å²) in [6.45, 7) is 3.73. The minimum absolute atomic E-state index is 0.282. The van der Waals surface area contributed by atoms with E-state index in [1.54, 1.807) is 18.7 Å². The van der Waals surface area contributed by atoms with Gasteiger partial charge in [-0.3, -0.25) is 4.79 Å². The number of hydrogen-bond acceptors (Lipinski definition) is 6. The Labute approximate surface area is 167 Å². The highest BCUT2D eigenvalue weighted by Crippen LogP contribution is 2.24. The molecule has 0 unspecified atom stereocenters. The van der Waals surface area contributed by atoms with Crippen molar-refractivity contribution in [3.05, 3.63) is 65.0 Å². The van der Waals surface area contributed by atoms with E-state index in [9.17, 15) is 4.79 Å². The van der Waals surface area contributed by atoms with Gasteiger partial charge in [0.25, 0.3) is 5.89 Å². The van der Waals surface area contributed by atoms with Crippen LogP contribution in [0.15, 0.2) is 57.8 Å². The molecule has 7 heteroatoms. The zero-order valence-electron chi connectivity index (χ0n) is 15.0.